The van der Waals surface area contributed by atoms with E-state index in [9.17, 15) is 4.79 Å². The molecular formula is C12H13Cl2NO. The van der Waals surface area contributed by atoms with Crippen LogP contribution in [0, 0.1) is 0 Å². The summed E-state index contributed by atoms with van der Waals surface area (Å²) in [5.74, 6) is 0.234. The Kier molecular flexibility index (Phi) is 3.53. The number of nitrogens with zero attached hydrogens (tertiary/aromatic N) is 1. The minimum Gasteiger partial charge on any atom is -0.299 e. The molecule has 16 heavy (non-hydrogen) atoms. The van der Waals surface area contributed by atoms with Crippen LogP contribution in [0.25, 0.3) is 0 Å². The molecule has 0 spiro atoms. The fourth-order valence-electron chi connectivity index (χ4n) is 2.05. The minimum absolute atomic E-state index is 0.0223. The standard InChI is InChI=1S/C12H13Cl2NO/c1-15-5-4-9(12(16)7-15)8-2-3-10(13)11(14)6-8/h2-3,6,9H,4-5,7H2,1H3. The summed E-state index contributed by atoms with van der Waals surface area (Å²) in [5, 5.41) is 1.05. The molecule has 0 saturated carbocycles. The smallest absolute Gasteiger partial charge is 0.154 e. The maximum atomic E-state index is 11.9. The van der Waals surface area contributed by atoms with E-state index in [-0.39, 0.29) is 11.7 Å². The van der Waals surface area contributed by atoms with Gasteiger partial charge in [-0.3, -0.25) is 9.69 Å². The van der Waals surface area contributed by atoms with Gasteiger partial charge in [0.05, 0.1) is 16.6 Å². The van der Waals surface area contributed by atoms with E-state index in [0.29, 0.717) is 16.6 Å². The zero-order valence-electron chi connectivity index (χ0n) is 9.04. The lowest BCUT2D eigenvalue weighted by molar-refractivity contribution is -0.123. The van der Waals surface area contributed by atoms with Crippen molar-refractivity contribution in [1.82, 2.24) is 4.90 Å². The van der Waals surface area contributed by atoms with E-state index >= 15 is 0 Å². The predicted molar refractivity (Wildman–Crippen MR) is 66.3 cm³/mol. The molecule has 0 radical (unpaired) electrons. The summed E-state index contributed by atoms with van der Waals surface area (Å²) in [6.07, 6.45) is 0.854. The number of hydrogen-bond acceptors (Lipinski definition) is 2. The fraction of sp³-hybridized carbons (Fsp3) is 0.417. The van der Waals surface area contributed by atoms with Crippen LogP contribution < -0.4 is 0 Å². The van der Waals surface area contributed by atoms with Gasteiger partial charge in [0.25, 0.3) is 0 Å². The Labute approximate surface area is 105 Å². The average Bonchev–Trinajstić information content (AvgIpc) is 2.22. The number of likely N-dealkylation sites (tertiary alicyclic amines) is 1. The van der Waals surface area contributed by atoms with Gasteiger partial charge in [-0.15, -0.1) is 0 Å². The number of carbonyl (C=O) groups is 1. The molecule has 0 aliphatic carbocycles. The van der Waals surface area contributed by atoms with Gasteiger partial charge in [0, 0.05) is 5.92 Å². The monoisotopic (exact) mass is 257 g/mol. The van der Waals surface area contributed by atoms with E-state index < -0.39 is 0 Å². The van der Waals surface area contributed by atoms with E-state index in [0.717, 1.165) is 18.5 Å². The van der Waals surface area contributed by atoms with Crippen molar-refractivity contribution in [2.75, 3.05) is 20.1 Å². The van der Waals surface area contributed by atoms with Crippen LogP contribution in [0.15, 0.2) is 18.2 Å². The molecule has 0 amide bonds. The summed E-state index contributed by atoms with van der Waals surface area (Å²) in [5.41, 5.74) is 0.979. The summed E-state index contributed by atoms with van der Waals surface area (Å²) in [6.45, 7) is 1.46. The quantitative estimate of drug-likeness (QED) is 0.771. The van der Waals surface area contributed by atoms with Gasteiger partial charge >= 0.3 is 0 Å². The number of hydrogen-bond donors (Lipinski definition) is 0. The van der Waals surface area contributed by atoms with Gasteiger partial charge in [-0.2, -0.15) is 0 Å². The Bertz CT molecular complexity index is 419. The van der Waals surface area contributed by atoms with Gasteiger partial charge in [0.2, 0.25) is 0 Å². The first-order chi connectivity index (χ1) is 7.58. The van der Waals surface area contributed by atoms with Crippen LogP contribution in [0.5, 0.6) is 0 Å². The molecule has 86 valence electrons. The van der Waals surface area contributed by atoms with Crippen molar-refractivity contribution < 1.29 is 4.79 Å². The van der Waals surface area contributed by atoms with E-state index in [1.807, 2.05) is 18.0 Å². The molecule has 0 N–H and O–H groups in total. The lowest BCUT2D eigenvalue weighted by atomic mass is 9.88. The molecule has 1 aromatic carbocycles. The number of likely N-dealkylation sites (N-methyl/N-ethyl adjacent to an activating group) is 1. The Morgan fingerprint density at radius 2 is 2.06 bits per heavy atom. The maximum Gasteiger partial charge on any atom is 0.154 e. The van der Waals surface area contributed by atoms with Crippen molar-refractivity contribution >= 4 is 29.0 Å². The van der Waals surface area contributed by atoms with Gasteiger partial charge in [-0.1, -0.05) is 29.3 Å². The Hall–Kier alpha value is -0.570. The average molecular weight is 258 g/mol. The molecule has 1 aliphatic rings. The third kappa shape index (κ3) is 2.40. The second kappa shape index (κ2) is 4.74. The van der Waals surface area contributed by atoms with Crippen LogP contribution in [0.4, 0.5) is 0 Å². The lowest BCUT2D eigenvalue weighted by Gasteiger charge is -2.28. The maximum absolute atomic E-state index is 11.9. The summed E-state index contributed by atoms with van der Waals surface area (Å²) < 4.78 is 0. The second-order valence-electron chi connectivity index (χ2n) is 4.22. The molecule has 1 aliphatic heterocycles. The lowest BCUT2D eigenvalue weighted by Crippen LogP contribution is -2.37. The van der Waals surface area contributed by atoms with E-state index in [4.69, 9.17) is 23.2 Å². The zero-order valence-corrected chi connectivity index (χ0v) is 10.6. The number of benzene rings is 1. The van der Waals surface area contributed by atoms with Crippen molar-refractivity contribution in [1.29, 1.82) is 0 Å². The van der Waals surface area contributed by atoms with Crippen molar-refractivity contribution in [3.05, 3.63) is 33.8 Å². The van der Waals surface area contributed by atoms with E-state index in [2.05, 4.69) is 0 Å². The molecule has 4 heteroatoms. The highest BCUT2D eigenvalue weighted by Gasteiger charge is 2.26. The molecule has 0 bridgehead atoms. The summed E-state index contributed by atoms with van der Waals surface area (Å²) >= 11 is 11.8. The van der Waals surface area contributed by atoms with Crippen molar-refractivity contribution in [2.45, 2.75) is 12.3 Å². The Morgan fingerprint density at radius 3 is 2.69 bits per heavy atom. The number of rotatable bonds is 1. The zero-order chi connectivity index (χ0) is 11.7. The largest absolute Gasteiger partial charge is 0.299 e. The third-order valence-corrected chi connectivity index (χ3v) is 3.70. The van der Waals surface area contributed by atoms with Crippen molar-refractivity contribution in [2.24, 2.45) is 0 Å². The topological polar surface area (TPSA) is 20.3 Å². The van der Waals surface area contributed by atoms with Crippen LogP contribution >= 0.6 is 23.2 Å². The van der Waals surface area contributed by atoms with Gasteiger partial charge in [0.15, 0.2) is 5.78 Å². The Morgan fingerprint density at radius 1 is 1.31 bits per heavy atom. The molecule has 1 fully saturated rings. The first-order valence-corrected chi connectivity index (χ1v) is 5.99. The van der Waals surface area contributed by atoms with Crippen LogP contribution in [-0.2, 0) is 4.79 Å². The molecule has 1 unspecified atom stereocenters. The van der Waals surface area contributed by atoms with Gasteiger partial charge in [-0.25, -0.2) is 0 Å². The summed E-state index contributed by atoms with van der Waals surface area (Å²) in [7, 11) is 1.96. The molecule has 0 aromatic heterocycles. The highest BCUT2D eigenvalue weighted by molar-refractivity contribution is 6.42. The summed E-state index contributed by atoms with van der Waals surface area (Å²) in [6, 6.07) is 5.45. The molecule has 2 nitrogen and oxygen atoms in total. The predicted octanol–water partition coefficient (Wildman–Crippen LogP) is 2.98. The van der Waals surface area contributed by atoms with Gasteiger partial charge in [-0.05, 0) is 37.7 Å². The molecule has 1 atom stereocenters. The van der Waals surface area contributed by atoms with Crippen LogP contribution in [0.3, 0.4) is 0 Å². The molecule has 1 saturated heterocycles. The van der Waals surface area contributed by atoms with E-state index in [1.54, 1.807) is 12.1 Å². The Balaban J connectivity index is 2.24. The molecule has 1 heterocycles. The number of ketones is 1. The van der Waals surface area contributed by atoms with Gasteiger partial charge < -0.3 is 0 Å². The van der Waals surface area contributed by atoms with Crippen LogP contribution in [0.1, 0.15) is 17.9 Å². The SMILES string of the molecule is CN1CCC(c2ccc(Cl)c(Cl)c2)C(=O)C1. The van der Waals surface area contributed by atoms with Crippen molar-refractivity contribution in [3.8, 4) is 0 Å². The summed E-state index contributed by atoms with van der Waals surface area (Å²) in [4.78, 5) is 13.9. The van der Waals surface area contributed by atoms with E-state index in [1.165, 1.54) is 0 Å². The van der Waals surface area contributed by atoms with Gasteiger partial charge in [0.1, 0.15) is 0 Å². The highest BCUT2D eigenvalue weighted by atomic mass is 35.5. The highest BCUT2D eigenvalue weighted by Crippen LogP contribution is 2.30. The number of piperidine rings is 1. The minimum atomic E-state index is -0.0223. The number of halogens is 2. The number of Topliss-reactive ketones (excluding diaryl/α,β-unsaturated/α-hetero) is 1. The first-order valence-electron chi connectivity index (χ1n) is 5.24. The fourth-order valence-corrected chi connectivity index (χ4v) is 2.35. The molecular weight excluding hydrogens is 245 g/mol. The van der Waals surface area contributed by atoms with Crippen LogP contribution in [-0.4, -0.2) is 30.8 Å². The second-order valence-corrected chi connectivity index (χ2v) is 5.03. The third-order valence-electron chi connectivity index (χ3n) is 2.96. The number of carbonyl (C=O) groups excluding carboxylic acids is 1. The molecule has 1 aromatic rings. The van der Waals surface area contributed by atoms with Crippen molar-refractivity contribution in [3.63, 3.8) is 0 Å². The first kappa shape index (κ1) is 11.9. The van der Waals surface area contributed by atoms with Crippen LogP contribution in [0.2, 0.25) is 10.0 Å². The molecule has 2 rings (SSSR count). The normalized spacial score (nSPS) is 22.4.